The van der Waals surface area contributed by atoms with E-state index in [9.17, 15) is 18.0 Å². The molecule has 0 spiro atoms. The summed E-state index contributed by atoms with van der Waals surface area (Å²) in [6, 6.07) is 3.85. The third-order valence-electron chi connectivity index (χ3n) is 2.67. The van der Waals surface area contributed by atoms with Crippen molar-refractivity contribution in [2.24, 2.45) is 0 Å². The van der Waals surface area contributed by atoms with Crippen LogP contribution in [0.3, 0.4) is 0 Å². The monoisotopic (exact) mass is 353 g/mol. The molecule has 0 radical (unpaired) electrons. The van der Waals surface area contributed by atoms with Crippen molar-refractivity contribution in [2.75, 3.05) is 0 Å². The van der Waals surface area contributed by atoms with E-state index in [2.05, 4.69) is 4.98 Å². The molecule has 2 aromatic rings. The van der Waals surface area contributed by atoms with Gasteiger partial charge in [-0.25, -0.2) is 0 Å². The molecule has 1 heterocycles. The Morgan fingerprint density at radius 3 is 2.29 bits per heavy atom. The SMILES string of the molecule is O=Cc1cc(-c2c(Cl)ccc(Cl)c2Cl)ncc1C(F)(F)F. The van der Waals surface area contributed by atoms with Crippen LogP contribution in [0.2, 0.25) is 15.1 Å². The van der Waals surface area contributed by atoms with Gasteiger partial charge in [-0.2, -0.15) is 13.2 Å². The average molecular weight is 355 g/mol. The predicted molar refractivity (Wildman–Crippen MR) is 75.1 cm³/mol. The van der Waals surface area contributed by atoms with E-state index in [1.54, 1.807) is 0 Å². The van der Waals surface area contributed by atoms with Gasteiger partial charge in [0.2, 0.25) is 0 Å². The lowest BCUT2D eigenvalue weighted by molar-refractivity contribution is -0.138. The van der Waals surface area contributed by atoms with Crippen molar-refractivity contribution < 1.29 is 18.0 Å². The van der Waals surface area contributed by atoms with Crippen LogP contribution in [-0.4, -0.2) is 11.3 Å². The Balaban J connectivity index is 2.68. The molecule has 0 unspecified atom stereocenters. The standard InChI is InChI=1S/C13H5Cl3F3NO/c14-8-1-2-9(15)12(16)11(8)10-3-6(5-21)7(4-20-10)13(17,18)19/h1-5H. The van der Waals surface area contributed by atoms with Crippen LogP contribution in [-0.2, 0) is 6.18 Å². The highest BCUT2D eigenvalue weighted by Crippen LogP contribution is 2.39. The first kappa shape index (κ1) is 16.1. The summed E-state index contributed by atoms with van der Waals surface area (Å²) in [6.07, 6.45) is -4.02. The lowest BCUT2D eigenvalue weighted by Gasteiger charge is -2.12. The number of carbonyl (C=O) groups is 1. The molecule has 21 heavy (non-hydrogen) atoms. The summed E-state index contributed by atoms with van der Waals surface area (Å²) < 4.78 is 38.2. The van der Waals surface area contributed by atoms with Crippen LogP contribution in [0.25, 0.3) is 11.3 Å². The van der Waals surface area contributed by atoms with Gasteiger partial charge in [-0.1, -0.05) is 34.8 Å². The zero-order valence-corrected chi connectivity index (χ0v) is 12.3. The Kier molecular flexibility index (Phi) is 4.46. The molecule has 2 rings (SSSR count). The maximum Gasteiger partial charge on any atom is 0.418 e. The first-order valence-corrected chi connectivity index (χ1v) is 6.55. The van der Waals surface area contributed by atoms with E-state index in [0.29, 0.717) is 6.20 Å². The zero-order valence-electron chi connectivity index (χ0n) is 10.0. The number of halogens is 6. The number of hydrogen-bond acceptors (Lipinski definition) is 2. The maximum absolute atomic E-state index is 12.7. The normalized spacial score (nSPS) is 11.5. The molecular formula is C13H5Cl3F3NO. The van der Waals surface area contributed by atoms with Crippen molar-refractivity contribution in [1.82, 2.24) is 4.98 Å². The average Bonchev–Trinajstić information content (AvgIpc) is 2.42. The Hall–Kier alpha value is -1.30. The van der Waals surface area contributed by atoms with E-state index >= 15 is 0 Å². The number of rotatable bonds is 2. The van der Waals surface area contributed by atoms with Gasteiger partial charge in [-0.05, 0) is 18.2 Å². The molecular weight excluding hydrogens is 350 g/mol. The van der Waals surface area contributed by atoms with Crippen molar-refractivity contribution in [1.29, 1.82) is 0 Å². The molecule has 1 aromatic carbocycles. The van der Waals surface area contributed by atoms with Crippen molar-refractivity contribution in [3.05, 3.63) is 50.6 Å². The molecule has 0 aliphatic carbocycles. The second-order valence-corrected chi connectivity index (χ2v) is 5.18. The summed E-state index contributed by atoms with van der Waals surface area (Å²) in [7, 11) is 0. The lowest BCUT2D eigenvalue weighted by Crippen LogP contribution is -2.10. The number of benzene rings is 1. The molecule has 0 bridgehead atoms. The van der Waals surface area contributed by atoms with Gasteiger partial charge in [0.25, 0.3) is 0 Å². The fourth-order valence-electron chi connectivity index (χ4n) is 1.70. The van der Waals surface area contributed by atoms with Crippen LogP contribution in [0.4, 0.5) is 13.2 Å². The number of alkyl halides is 3. The molecule has 1 aromatic heterocycles. The van der Waals surface area contributed by atoms with E-state index in [-0.39, 0.29) is 32.6 Å². The van der Waals surface area contributed by atoms with Gasteiger partial charge in [0.1, 0.15) is 0 Å². The molecule has 2 nitrogen and oxygen atoms in total. The largest absolute Gasteiger partial charge is 0.418 e. The minimum absolute atomic E-state index is 0.0302. The van der Waals surface area contributed by atoms with Gasteiger partial charge in [0.15, 0.2) is 6.29 Å². The number of aldehydes is 1. The fourth-order valence-corrected chi connectivity index (χ4v) is 2.43. The quantitative estimate of drug-likeness (QED) is 0.523. The molecule has 110 valence electrons. The van der Waals surface area contributed by atoms with Crippen molar-refractivity contribution in [3.8, 4) is 11.3 Å². The number of aromatic nitrogens is 1. The molecule has 0 amide bonds. The molecule has 0 saturated carbocycles. The Labute approximate surface area is 132 Å². The summed E-state index contributed by atoms with van der Waals surface area (Å²) in [5.74, 6) is 0. The zero-order chi connectivity index (χ0) is 15.8. The topological polar surface area (TPSA) is 30.0 Å². The third kappa shape index (κ3) is 3.15. The molecule has 0 saturated heterocycles. The van der Waals surface area contributed by atoms with Crippen LogP contribution in [0, 0.1) is 0 Å². The Morgan fingerprint density at radius 2 is 1.71 bits per heavy atom. The van der Waals surface area contributed by atoms with Crippen LogP contribution < -0.4 is 0 Å². The fraction of sp³-hybridized carbons (Fsp3) is 0.0769. The van der Waals surface area contributed by atoms with Gasteiger partial charge < -0.3 is 0 Å². The van der Waals surface area contributed by atoms with Crippen LogP contribution in [0.5, 0.6) is 0 Å². The molecule has 0 fully saturated rings. The van der Waals surface area contributed by atoms with Crippen molar-refractivity contribution in [2.45, 2.75) is 6.18 Å². The van der Waals surface area contributed by atoms with Gasteiger partial charge in [0, 0.05) is 17.3 Å². The molecule has 0 aliphatic heterocycles. The van der Waals surface area contributed by atoms with E-state index < -0.39 is 17.3 Å². The summed E-state index contributed by atoms with van der Waals surface area (Å²) in [5.41, 5.74) is -1.49. The minimum atomic E-state index is -4.68. The van der Waals surface area contributed by atoms with Gasteiger partial charge >= 0.3 is 6.18 Å². The summed E-state index contributed by atoms with van der Waals surface area (Å²) >= 11 is 17.8. The first-order valence-electron chi connectivity index (χ1n) is 5.42. The Bertz CT molecular complexity index is 717. The first-order chi connectivity index (χ1) is 9.75. The Morgan fingerprint density at radius 1 is 1.10 bits per heavy atom. The highest BCUT2D eigenvalue weighted by Gasteiger charge is 2.34. The second kappa shape index (κ2) is 5.83. The van der Waals surface area contributed by atoms with Crippen LogP contribution in [0.15, 0.2) is 24.4 Å². The highest BCUT2D eigenvalue weighted by molar-refractivity contribution is 6.46. The molecule has 0 aliphatic rings. The summed E-state index contributed by atoms with van der Waals surface area (Å²) in [5, 5.41) is 0.382. The molecule has 0 N–H and O–H groups in total. The van der Waals surface area contributed by atoms with Gasteiger partial charge in [-0.3, -0.25) is 9.78 Å². The lowest BCUT2D eigenvalue weighted by atomic mass is 10.1. The summed E-state index contributed by atoms with van der Waals surface area (Å²) in [6.45, 7) is 0. The van der Waals surface area contributed by atoms with E-state index in [1.165, 1.54) is 12.1 Å². The second-order valence-electron chi connectivity index (χ2n) is 3.99. The number of pyridine rings is 1. The highest BCUT2D eigenvalue weighted by atomic mass is 35.5. The van der Waals surface area contributed by atoms with E-state index in [0.717, 1.165) is 6.07 Å². The minimum Gasteiger partial charge on any atom is -0.298 e. The summed E-state index contributed by atoms with van der Waals surface area (Å²) in [4.78, 5) is 14.6. The number of carbonyl (C=O) groups excluding carboxylic acids is 1. The van der Waals surface area contributed by atoms with Crippen molar-refractivity contribution in [3.63, 3.8) is 0 Å². The predicted octanol–water partition coefficient (Wildman–Crippen LogP) is 5.54. The number of hydrogen-bond donors (Lipinski definition) is 0. The van der Waals surface area contributed by atoms with E-state index in [1.807, 2.05) is 0 Å². The van der Waals surface area contributed by atoms with Gasteiger partial charge in [0.05, 0.1) is 26.3 Å². The van der Waals surface area contributed by atoms with E-state index in [4.69, 9.17) is 34.8 Å². The van der Waals surface area contributed by atoms with Crippen LogP contribution >= 0.6 is 34.8 Å². The molecule has 0 atom stereocenters. The third-order valence-corrected chi connectivity index (χ3v) is 3.79. The van der Waals surface area contributed by atoms with Crippen molar-refractivity contribution >= 4 is 41.1 Å². The smallest absolute Gasteiger partial charge is 0.298 e. The molecule has 8 heteroatoms. The van der Waals surface area contributed by atoms with Gasteiger partial charge in [-0.15, -0.1) is 0 Å². The maximum atomic E-state index is 12.7. The van der Waals surface area contributed by atoms with Crippen LogP contribution in [0.1, 0.15) is 15.9 Å². The number of nitrogens with zero attached hydrogens (tertiary/aromatic N) is 1.